The van der Waals surface area contributed by atoms with Gasteiger partial charge in [-0.1, -0.05) is 117 Å². The first kappa shape index (κ1) is 26.2. The summed E-state index contributed by atoms with van der Waals surface area (Å²) in [5, 5.41) is 12.8. The molecule has 0 radical (unpaired) electrons. The van der Waals surface area contributed by atoms with Crippen molar-refractivity contribution in [2.75, 3.05) is 0 Å². The number of hydrogen-bond acceptors (Lipinski definition) is 1. The van der Waals surface area contributed by atoms with Gasteiger partial charge in [0, 0.05) is 16.2 Å². The predicted octanol–water partition coefficient (Wildman–Crippen LogP) is 13.3. The van der Waals surface area contributed by atoms with Gasteiger partial charge in [-0.3, -0.25) is 0 Å². The Labute approximate surface area is 278 Å². The van der Waals surface area contributed by atoms with Crippen molar-refractivity contribution >= 4 is 65.0 Å². The van der Waals surface area contributed by atoms with Crippen LogP contribution < -0.4 is 0 Å². The maximum absolute atomic E-state index is 6.26. The molecular formula is C47H30O. The molecule has 0 saturated carbocycles. The fraction of sp³-hybridized carbons (Fsp3) is 0.0638. The summed E-state index contributed by atoms with van der Waals surface area (Å²) < 4.78 is 6.26. The van der Waals surface area contributed by atoms with Crippen molar-refractivity contribution in [3.63, 3.8) is 0 Å². The van der Waals surface area contributed by atoms with E-state index in [1.807, 2.05) is 6.07 Å². The molecule has 10 aromatic rings. The summed E-state index contributed by atoms with van der Waals surface area (Å²) in [4.78, 5) is 0. The highest BCUT2D eigenvalue weighted by Crippen LogP contribution is 2.56. The molecule has 0 bridgehead atoms. The molecule has 0 fully saturated rings. The molecule has 1 aliphatic rings. The van der Waals surface area contributed by atoms with Crippen LogP contribution >= 0.6 is 0 Å². The molecule has 11 rings (SSSR count). The first-order valence-corrected chi connectivity index (χ1v) is 16.8. The second-order valence-corrected chi connectivity index (χ2v) is 14.1. The molecule has 48 heavy (non-hydrogen) atoms. The summed E-state index contributed by atoms with van der Waals surface area (Å²) in [6.07, 6.45) is 0. The van der Waals surface area contributed by atoms with E-state index < -0.39 is 0 Å². The Morgan fingerprint density at radius 1 is 0.417 bits per heavy atom. The van der Waals surface area contributed by atoms with Gasteiger partial charge in [-0.05, 0) is 130 Å². The third kappa shape index (κ3) is 3.40. The van der Waals surface area contributed by atoms with Crippen molar-refractivity contribution in [2.24, 2.45) is 0 Å². The Hall–Kier alpha value is -5.92. The van der Waals surface area contributed by atoms with Gasteiger partial charge in [0.2, 0.25) is 0 Å². The van der Waals surface area contributed by atoms with Crippen LogP contribution in [0.1, 0.15) is 25.0 Å². The zero-order valence-corrected chi connectivity index (χ0v) is 26.8. The summed E-state index contributed by atoms with van der Waals surface area (Å²) >= 11 is 0. The molecule has 0 atom stereocenters. The van der Waals surface area contributed by atoms with E-state index in [2.05, 4.69) is 153 Å². The number of fused-ring (bicyclic) bond motifs is 8. The molecule has 0 unspecified atom stereocenters. The van der Waals surface area contributed by atoms with E-state index in [1.54, 1.807) is 0 Å². The standard InChI is InChI=1S/C47H30O/c1-47(2)40-26-34(33-22-31-16-14-28-9-7-10-29-15-17-32(23-33)44(31)43(28)29)25-38(45(40)37-20-18-27-8-3-4-11-35(27)46(37)47)30-19-21-42-39(24-30)36-12-5-6-13-41(36)48-42/h3-26H,1-2H3. The molecule has 224 valence electrons. The number of furan rings is 1. The highest BCUT2D eigenvalue weighted by Gasteiger charge is 2.39. The molecule has 1 aromatic heterocycles. The van der Waals surface area contributed by atoms with Gasteiger partial charge in [-0.15, -0.1) is 0 Å². The molecule has 0 spiro atoms. The van der Waals surface area contributed by atoms with Crippen LogP contribution in [0.3, 0.4) is 0 Å². The summed E-state index contributed by atoms with van der Waals surface area (Å²) in [5.41, 5.74) is 12.1. The predicted molar refractivity (Wildman–Crippen MR) is 203 cm³/mol. The van der Waals surface area contributed by atoms with Crippen LogP contribution in [0.4, 0.5) is 0 Å². The lowest BCUT2D eigenvalue weighted by molar-refractivity contribution is 0.666. The van der Waals surface area contributed by atoms with Gasteiger partial charge < -0.3 is 4.42 Å². The molecule has 1 aliphatic carbocycles. The maximum Gasteiger partial charge on any atom is 0.135 e. The van der Waals surface area contributed by atoms with Gasteiger partial charge in [0.25, 0.3) is 0 Å². The normalized spacial score (nSPS) is 13.8. The van der Waals surface area contributed by atoms with Crippen molar-refractivity contribution in [1.82, 2.24) is 0 Å². The lowest BCUT2D eigenvalue weighted by atomic mass is 9.79. The van der Waals surface area contributed by atoms with E-state index >= 15 is 0 Å². The fourth-order valence-corrected chi connectivity index (χ4v) is 8.92. The van der Waals surface area contributed by atoms with Crippen LogP contribution in [0.25, 0.3) is 98.4 Å². The summed E-state index contributed by atoms with van der Waals surface area (Å²) in [7, 11) is 0. The second-order valence-electron chi connectivity index (χ2n) is 14.1. The minimum atomic E-state index is -0.182. The summed E-state index contributed by atoms with van der Waals surface area (Å²) in [6, 6.07) is 54.1. The quantitative estimate of drug-likeness (QED) is 0.178. The Morgan fingerprint density at radius 3 is 1.85 bits per heavy atom. The van der Waals surface area contributed by atoms with Crippen LogP contribution in [0.2, 0.25) is 0 Å². The largest absolute Gasteiger partial charge is 0.456 e. The third-order valence-corrected chi connectivity index (χ3v) is 11.1. The number of para-hydroxylation sites is 1. The van der Waals surface area contributed by atoms with E-state index in [0.29, 0.717) is 0 Å². The number of benzene rings is 9. The van der Waals surface area contributed by atoms with Crippen molar-refractivity contribution in [3.8, 4) is 33.4 Å². The minimum absolute atomic E-state index is 0.182. The number of hydrogen-bond donors (Lipinski definition) is 0. The van der Waals surface area contributed by atoms with Gasteiger partial charge in [0.15, 0.2) is 0 Å². The highest BCUT2D eigenvalue weighted by molar-refractivity contribution is 6.24. The lowest BCUT2D eigenvalue weighted by Crippen LogP contribution is -2.15. The van der Waals surface area contributed by atoms with Crippen LogP contribution in [-0.2, 0) is 5.41 Å². The van der Waals surface area contributed by atoms with Crippen molar-refractivity contribution in [3.05, 3.63) is 157 Å². The van der Waals surface area contributed by atoms with Crippen molar-refractivity contribution < 1.29 is 4.42 Å². The van der Waals surface area contributed by atoms with Crippen LogP contribution in [0, 0.1) is 0 Å². The van der Waals surface area contributed by atoms with E-state index in [4.69, 9.17) is 4.42 Å². The van der Waals surface area contributed by atoms with Gasteiger partial charge in [0.1, 0.15) is 11.2 Å². The molecule has 1 heteroatoms. The van der Waals surface area contributed by atoms with Crippen LogP contribution in [0.15, 0.2) is 150 Å². The SMILES string of the molecule is CC1(C)c2cc(-c3cc4ccc5cccc6ccc(c3)c4c56)cc(-c3ccc4oc5ccccc5c4c3)c2-c2ccc3ccccc3c21. The van der Waals surface area contributed by atoms with Gasteiger partial charge in [-0.2, -0.15) is 0 Å². The number of rotatable bonds is 2. The molecule has 0 N–H and O–H groups in total. The Kier molecular flexibility index (Phi) is 4.97. The lowest BCUT2D eigenvalue weighted by Gasteiger charge is -2.24. The monoisotopic (exact) mass is 610 g/mol. The second kappa shape index (κ2) is 9.12. The van der Waals surface area contributed by atoms with E-state index in [9.17, 15) is 0 Å². The summed E-state index contributed by atoms with van der Waals surface area (Å²) in [6.45, 7) is 4.82. The Morgan fingerprint density at radius 2 is 1.04 bits per heavy atom. The van der Waals surface area contributed by atoms with E-state index in [0.717, 1.165) is 21.9 Å². The zero-order valence-electron chi connectivity index (χ0n) is 26.8. The zero-order chi connectivity index (χ0) is 31.7. The molecule has 1 heterocycles. The molecular weight excluding hydrogens is 581 g/mol. The average molecular weight is 611 g/mol. The summed E-state index contributed by atoms with van der Waals surface area (Å²) in [5.74, 6) is 0. The van der Waals surface area contributed by atoms with Crippen molar-refractivity contribution in [2.45, 2.75) is 19.3 Å². The molecule has 0 amide bonds. The molecule has 9 aromatic carbocycles. The van der Waals surface area contributed by atoms with Gasteiger partial charge in [0.05, 0.1) is 0 Å². The minimum Gasteiger partial charge on any atom is -0.456 e. The van der Waals surface area contributed by atoms with Crippen molar-refractivity contribution in [1.29, 1.82) is 0 Å². The molecule has 1 nitrogen and oxygen atoms in total. The first-order valence-electron chi connectivity index (χ1n) is 16.8. The van der Waals surface area contributed by atoms with Gasteiger partial charge in [-0.25, -0.2) is 0 Å². The Bertz CT molecular complexity index is 2910. The molecule has 0 aliphatic heterocycles. The maximum atomic E-state index is 6.26. The van der Waals surface area contributed by atoms with E-state index in [1.165, 1.54) is 87.6 Å². The topological polar surface area (TPSA) is 13.1 Å². The first-order chi connectivity index (χ1) is 23.5. The highest BCUT2D eigenvalue weighted by atomic mass is 16.3. The average Bonchev–Trinajstić information content (AvgIpc) is 3.61. The van der Waals surface area contributed by atoms with Crippen LogP contribution in [-0.4, -0.2) is 0 Å². The fourth-order valence-electron chi connectivity index (χ4n) is 8.92. The molecule has 0 saturated heterocycles. The van der Waals surface area contributed by atoms with Crippen LogP contribution in [0.5, 0.6) is 0 Å². The smallest absolute Gasteiger partial charge is 0.135 e. The van der Waals surface area contributed by atoms with Gasteiger partial charge >= 0.3 is 0 Å². The third-order valence-electron chi connectivity index (χ3n) is 11.1. The van der Waals surface area contributed by atoms with E-state index in [-0.39, 0.29) is 5.41 Å². The Balaban J connectivity index is 1.23.